The average molecular weight is 348 g/mol. The third kappa shape index (κ3) is 14.2. The zero-order chi connectivity index (χ0) is 7.12. The van der Waals surface area contributed by atoms with Gasteiger partial charge in [-0.1, -0.05) is 0 Å². The van der Waals surface area contributed by atoms with Crippen molar-refractivity contribution in [2.45, 2.75) is 0 Å². The van der Waals surface area contributed by atoms with Crippen molar-refractivity contribution in [2.24, 2.45) is 3.92 Å². The van der Waals surface area contributed by atoms with Gasteiger partial charge in [0.05, 0.1) is 0 Å². The molecule has 0 radical (unpaired) electrons. The van der Waals surface area contributed by atoms with Gasteiger partial charge in [-0.3, -0.25) is 0 Å². The molecule has 0 saturated carbocycles. The molecule has 0 heterocycles. The Labute approximate surface area is 113 Å². The Kier molecular flexibility index (Phi) is 5.31. The molecule has 9 heavy (non-hydrogen) atoms. The zero-order valence-corrected chi connectivity index (χ0v) is 8.62. The first kappa shape index (κ1) is 14.8. The van der Waals surface area contributed by atoms with Gasteiger partial charge in [0.15, 0.2) is 0 Å². The molecule has 0 aromatic carbocycles. The van der Waals surface area contributed by atoms with Crippen molar-refractivity contribution in [3.63, 3.8) is 0 Å². The van der Waals surface area contributed by atoms with E-state index in [1.54, 1.807) is 0 Å². The summed E-state index contributed by atoms with van der Waals surface area (Å²) in [5.41, 5.74) is 0. The van der Waals surface area contributed by atoms with Gasteiger partial charge in [-0.05, 0) is 0 Å². The van der Waals surface area contributed by atoms with E-state index in [4.69, 9.17) is 48.5 Å². The summed E-state index contributed by atoms with van der Waals surface area (Å²) in [6.07, 6.45) is 0. The van der Waals surface area contributed by atoms with E-state index in [1.807, 2.05) is 3.92 Å². The van der Waals surface area contributed by atoms with Crippen LogP contribution in [0.3, 0.4) is 0 Å². The monoisotopic (exact) mass is 347 g/mol. The fourth-order valence-corrected chi connectivity index (χ4v) is 0. The topological polar surface area (TPSA) is 29.4 Å². The second-order valence-electron chi connectivity index (χ2n) is 0.868. The van der Waals surface area contributed by atoms with Crippen molar-refractivity contribution in [2.75, 3.05) is 0 Å². The van der Waals surface area contributed by atoms with Crippen LogP contribution in [0.25, 0.3) is 0 Å². The van der Waals surface area contributed by atoms with E-state index in [9.17, 15) is 4.91 Å². The summed E-state index contributed by atoms with van der Waals surface area (Å²) in [5, 5.41) is 0. The van der Waals surface area contributed by atoms with Gasteiger partial charge in [0.25, 0.3) is 0 Å². The molecule has 0 saturated heterocycles. The van der Waals surface area contributed by atoms with E-state index < -0.39 is 7.71 Å². The van der Waals surface area contributed by atoms with E-state index in [-0.39, 0.29) is 51.4 Å². The van der Waals surface area contributed by atoms with Crippen LogP contribution in [0, 0.1) is 4.91 Å². The van der Waals surface area contributed by atoms with E-state index in [0.29, 0.717) is 0 Å². The van der Waals surface area contributed by atoms with Crippen LogP contribution in [-0.2, 0) is 7.71 Å². The van der Waals surface area contributed by atoms with Crippen molar-refractivity contribution in [3.8, 4) is 0 Å². The van der Waals surface area contributed by atoms with Crippen LogP contribution >= 0.6 is 48.5 Å². The van der Waals surface area contributed by atoms with Crippen LogP contribution in [0.15, 0.2) is 3.92 Å². The van der Waals surface area contributed by atoms with E-state index in [2.05, 4.69) is 0 Å². The first-order valence-electron chi connectivity index (χ1n) is 1.01. The van der Waals surface area contributed by atoms with Crippen molar-refractivity contribution < 1.29 is 7.71 Å². The molecule has 0 aliphatic heterocycles. The molecule has 0 unspecified atom stereocenters. The summed E-state index contributed by atoms with van der Waals surface area (Å²) in [4.78, 5) is 9.64. The summed E-state index contributed by atoms with van der Waals surface area (Å²) < 4.78 is 2.04. The molecule has 0 amide bonds. The molecule has 56 valence electrons. The molecule has 0 aliphatic carbocycles. The van der Waals surface area contributed by atoms with E-state index >= 15 is 0 Å². The summed E-state index contributed by atoms with van der Waals surface area (Å²) in [7, 11) is 19.3. The Morgan fingerprint density at radius 1 is 1.00 bits per heavy atom. The molecule has 0 fully saturated rings. The molecule has 0 N–H and O–H groups in total. The molecular formula is HCl5KNORu. The Morgan fingerprint density at radius 3 is 1.11 bits per heavy atom. The fourth-order valence-electron chi connectivity index (χ4n) is 0. The zero-order valence-electron chi connectivity index (χ0n) is 3.10. The Morgan fingerprint density at radius 2 is 1.11 bits per heavy atom. The molecular weight excluding hydrogens is 347 g/mol. The maximum atomic E-state index is 9.64. The Hall–Kier alpha value is 3.31. The second-order valence-corrected chi connectivity index (χ2v) is 32.6. The van der Waals surface area contributed by atoms with Crippen LogP contribution in [-0.4, -0.2) is 51.4 Å². The molecule has 0 rings (SSSR count). The van der Waals surface area contributed by atoms with Gasteiger partial charge in [-0.2, -0.15) is 0 Å². The molecule has 0 aromatic rings. The van der Waals surface area contributed by atoms with E-state index in [1.165, 1.54) is 0 Å². The van der Waals surface area contributed by atoms with Gasteiger partial charge in [0.1, 0.15) is 0 Å². The summed E-state index contributed by atoms with van der Waals surface area (Å²) in [6, 6.07) is 0. The molecule has 0 atom stereocenters. The maximum absolute atomic E-state index is 9.64. The number of hydrogen-bond donors (Lipinski definition) is 0. The van der Waals surface area contributed by atoms with Crippen LogP contribution in [0.5, 0.6) is 0 Å². The second kappa shape index (κ2) is 3.22. The molecule has 0 bridgehead atoms. The quantitative estimate of drug-likeness (QED) is 0.529. The first-order chi connectivity index (χ1) is 3.04. The van der Waals surface area contributed by atoms with Gasteiger partial charge >= 0.3 is 116 Å². The average Bonchev–Trinajstić information content (AvgIpc) is 1.30. The molecule has 9 heteroatoms. The fraction of sp³-hybridized carbons (Fsp3) is 0. The Balaban J connectivity index is 0. The minimum atomic E-state index is -5.67. The van der Waals surface area contributed by atoms with Crippen LogP contribution < -0.4 is 0 Å². The predicted molar refractivity (Wildman–Crippen MR) is 42.2 cm³/mol. The third-order valence-corrected chi connectivity index (χ3v) is 2.17. The van der Waals surface area contributed by atoms with Crippen LogP contribution in [0.2, 0.25) is 0 Å². The summed E-state index contributed by atoms with van der Waals surface area (Å²) >= 11 is 0. The van der Waals surface area contributed by atoms with Gasteiger partial charge in [0.2, 0.25) is 0 Å². The summed E-state index contributed by atoms with van der Waals surface area (Å²) in [6.45, 7) is 0. The van der Waals surface area contributed by atoms with Gasteiger partial charge in [0, 0.05) is 0 Å². The van der Waals surface area contributed by atoms with Crippen molar-refractivity contribution >= 4 is 99.8 Å². The SMILES string of the molecule is O=[N][Ru]([Cl])([Cl])([Cl])([Cl])[Cl].[KH]. The first-order valence-corrected chi connectivity index (χ1v) is 13.0. The van der Waals surface area contributed by atoms with Crippen molar-refractivity contribution in [1.82, 2.24) is 0 Å². The molecule has 0 spiro atoms. The van der Waals surface area contributed by atoms with Gasteiger partial charge < -0.3 is 0 Å². The standard InChI is InChI=1S/5ClH.K.NO.Ru.H/c;;;;;;1-2;;/h5*1H;;;;/q;;;;;;-1;+6;/p-5. The van der Waals surface area contributed by atoms with Gasteiger partial charge in [-0.15, -0.1) is 0 Å². The number of nitroso groups, excluding NO2 is 1. The number of rotatable bonds is 1. The number of nitrogens with zero attached hydrogens (tertiary/aromatic N) is 1. The molecule has 0 aliphatic rings. The van der Waals surface area contributed by atoms with E-state index in [0.717, 1.165) is 0 Å². The van der Waals surface area contributed by atoms with Crippen molar-refractivity contribution in [3.05, 3.63) is 4.91 Å². The third-order valence-electron chi connectivity index (χ3n) is 0.122. The normalized spacial score (nSPS) is 18.8. The van der Waals surface area contributed by atoms with Gasteiger partial charge in [-0.25, -0.2) is 0 Å². The molecule has 0 aromatic heterocycles. The number of hydrogen-bond acceptors (Lipinski definition) is 2. The minimum absolute atomic E-state index is 0. The van der Waals surface area contributed by atoms with Crippen LogP contribution in [0.4, 0.5) is 0 Å². The predicted octanol–water partition coefficient (Wildman–Crippen LogP) is 3.01. The number of halogens is 5. The van der Waals surface area contributed by atoms with Crippen molar-refractivity contribution in [1.29, 1.82) is 0 Å². The van der Waals surface area contributed by atoms with Crippen LogP contribution in [0.1, 0.15) is 0 Å². The summed E-state index contributed by atoms with van der Waals surface area (Å²) in [5.74, 6) is 0. The molecule has 2 nitrogen and oxygen atoms in total. The Bertz CT molecular complexity index is 120.